The number of amides is 1. The van der Waals surface area contributed by atoms with Gasteiger partial charge in [-0.1, -0.05) is 35.1 Å². The molecule has 0 bridgehead atoms. The molecule has 1 amide bonds. The predicted octanol–water partition coefficient (Wildman–Crippen LogP) is 3.49. The summed E-state index contributed by atoms with van der Waals surface area (Å²) in [5, 5.41) is 10.5. The summed E-state index contributed by atoms with van der Waals surface area (Å²) in [6.45, 7) is 1.71. The fraction of sp³-hybridized carbons (Fsp3) is 0.167. The van der Waals surface area contributed by atoms with Gasteiger partial charge in [0.05, 0.1) is 7.11 Å². The third-order valence-corrected chi connectivity index (χ3v) is 6.91. The van der Waals surface area contributed by atoms with E-state index in [0.29, 0.717) is 16.3 Å². The van der Waals surface area contributed by atoms with E-state index in [-0.39, 0.29) is 9.47 Å². The summed E-state index contributed by atoms with van der Waals surface area (Å²) in [5.41, 5.74) is 1.12. The molecule has 1 aromatic heterocycles. The number of methoxy groups -OCH3 is 1. The summed E-state index contributed by atoms with van der Waals surface area (Å²) in [7, 11) is -2.36. The average Bonchev–Trinajstić information content (AvgIpc) is 3.17. The lowest BCUT2D eigenvalue weighted by atomic mass is 10.1. The van der Waals surface area contributed by atoms with Gasteiger partial charge in [0.25, 0.3) is 15.9 Å². The highest BCUT2D eigenvalue weighted by Gasteiger charge is 2.24. The van der Waals surface area contributed by atoms with Crippen molar-refractivity contribution in [3.05, 3.63) is 64.7 Å². The summed E-state index contributed by atoms with van der Waals surface area (Å²) >= 11 is 6.56. The Morgan fingerprint density at radius 1 is 1.10 bits per heavy atom. The van der Waals surface area contributed by atoms with E-state index in [0.717, 1.165) is 16.9 Å². The minimum absolute atomic E-state index is 0.0717. The molecule has 8 nitrogen and oxygen atoms in total. The van der Waals surface area contributed by atoms with Crippen LogP contribution in [0.15, 0.2) is 52.9 Å². The summed E-state index contributed by atoms with van der Waals surface area (Å²) in [6, 6.07) is 12.8. The first-order chi connectivity index (χ1) is 13.8. The molecule has 0 saturated carbocycles. The first-order valence-electron chi connectivity index (χ1n) is 8.35. The van der Waals surface area contributed by atoms with E-state index in [9.17, 15) is 13.2 Å². The molecule has 0 aliphatic carbocycles. The molecular formula is C18H17ClN4O4S2. The second-order valence-electron chi connectivity index (χ2n) is 5.95. The van der Waals surface area contributed by atoms with E-state index in [1.165, 1.54) is 0 Å². The smallest absolute Gasteiger partial charge is 0.270 e. The van der Waals surface area contributed by atoms with E-state index < -0.39 is 22.0 Å². The Hall–Kier alpha value is -2.53. The first kappa shape index (κ1) is 21.2. The topological polar surface area (TPSA) is 110 Å². The van der Waals surface area contributed by atoms with E-state index in [4.69, 9.17) is 16.3 Å². The van der Waals surface area contributed by atoms with Crippen LogP contribution < -0.4 is 14.8 Å². The van der Waals surface area contributed by atoms with Gasteiger partial charge in [-0.15, -0.1) is 10.2 Å². The zero-order valence-corrected chi connectivity index (χ0v) is 17.8. The highest BCUT2D eigenvalue weighted by atomic mass is 35.5. The van der Waals surface area contributed by atoms with Crippen LogP contribution in [0.4, 0.5) is 5.13 Å². The molecule has 2 aromatic carbocycles. The fourth-order valence-electron chi connectivity index (χ4n) is 2.38. The van der Waals surface area contributed by atoms with Gasteiger partial charge >= 0.3 is 0 Å². The molecule has 1 atom stereocenters. The van der Waals surface area contributed by atoms with Crippen molar-refractivity contribution in [3.8, 4) is 5.75 Å². The second-order valence-corrected chi connectivity index (χ2v) is 9.25. The molecular weight excluding hydrogens is 436 g/mol. The summed E-state index contributed by atoms with van der Waals surface area (Å²) in [5.74, 6) is 0.232. The second kappa shape index (κ2) is 8.87. The van der Waals surface area contributed by atoms with Crippen LogP contribution in [0.5, 0.6) is 5.75 Å². The summed E-state index contributed by atoms with van der Waals surface area (Å²) < 4.78 is 32.6. The molecule has 0 radical (unpaired) electrons. The number of rotatable bonds is 7. The summed E-state index contributed by atoms with van der Waals surface area (Å²) in [4.78, 5) is 12.2. The van der Waals surface area contributed by atoms with E-state index >= 15 is 0 Å². The molecule has 1 heterocycles. The number of carbonyl (C=O) groups excluding carboxylic acids is 1. The SMILES string of the molecule is COc1ccc([C@@H](C)NS(=O)(=O)c2nnc(NC(=O)c3ccc(Cl)cc3)s2)cc1. The van der Waals surface area contributed by atoms with Crippen LogP contribution in [0.1, 0.15) is 28.9 Å². The van der Waals surface area contributed by atoms with Crippen LogP contribution in [0.3, 0.4) is 0 Å². The minimum atomic E-state index is -3.91. The van der Waals surface area contributed by atoms with Crippen molar-refractivity contribution in [3.63, 3.8) is 0 Å². The van der Waals surface area contributed by atoms with Crippen LogP contribution >= 0.6 is 22.9 Å². The third-order valence-electron chi connectivity index (χ3n) is 3.91. The largest absolute Gasteiger partial charge is 0.497 e. The monoisotopic (exact) mass is 452 g/mol. The lowest BCUT2D eigenvalue weighted by molar-refractivity contribution is 0.102. The first-order valence-corrected chi connectivity index (χ1v) is 11.0. The van der Waals surface area contributed by atoms with Crippen LogP contribution in [0.25, 0.3) is 0 Å². The van der Waals surface area contributed by atoms with Crippen molar-refractivity contribution < 1.29 is 17.9 Å². The average molecular weight is 453 g/mol. The lowest BCUT2D eigenvalue weighted by Crippen LogP contribution is -2.26. The Morgan fingerprint density at radius 3 is 2.38 bits per heavy atom. The minimum Gasteiger partial charge on any atom is -0.497 e. The molecule has 0 saturated heterocycles. The fourth-order valence-corrected chi connectivity index (χ4v) is 4.65. The van der Waals surface area contributed by atoms with E-state index in [1.54, 1.807) is 62.6 Å². The summed E-state index contributed by atoms with van der Waals surface area (Å²) in [6.07, 6.45) is 0. The molecule has 29 heavy (non-hydrogen) atoms. The maximum atomic E-state index is 12.6. The Labute approximate surface area is 176 Å². The number of halogens is 1. The highest BCUT2D eigenvalue weighted by Crippen LogP contribution is 2.24. The number of benzene rings is 2. The van der Waals surface area contributed by atoms with Crippen molar-refractivity contribution in [1.82, 2.24) is 14.9 Å². The molecule has 0 unspecified atom stereocenters. The maximum Gasteiger partial charge on any atom is 0.270 e. The van der Waals surface area contributed by atoms with Gasteiger partial charge in [-0.2, -0.15) is 0 Å². The number of hydrogen-bond donors (Lipinski definition) is 2. The Bertz CT molecular complexity index is 1100. The lowest BCUT2D eigenvalue weighted by Gasteiger charge is -2.13. The number of ether oxygens (including phenoxy) is 1. The normalized spacial score (nSPS) is 12.4. The van der Waals surface area contributed by atoms with Crippen molar-refractivity contribution in [2.24, 2.45) is 0 Å². The van der Waals surface area contributed by atoms with E-state index in [2.05, 4.69) is 20.2 Å². The quantitative estimate of drug-likeness (QED) is 0.531. The van der Waals surface area contributed by atoms with Crippen LogP contribution in [0, 0.1) is 0 Å². The number of carbonyl (C=O) groups is 1. The Kier molecular flexibility index (Phi) is 6.48. The molecule has 0 aliphatic rings. The van der Waals surface area contributed by atoms with Gasteiger partial charge in [-0.3, -0.25) is 10.1 Å². The number of nitrogens with one attached hydrogen (secondary N) is 2. The number of aromatic nitrogens is 2. The highest BCUT2D eigenvalue weighted by molar-refractivity contribution is 7.91. The van der Waals surface area contributed by atoms with Gasteiger partial charge in [0.15, 0.2) is 0 Å². The van der Waals surface area contributed by atoms with Gasteiger partial charge in [0.1, 0.15) is 5.75 Å². The zero-order valence-electron chi connectivity index (χ0n) is 15.4. The molecule has 3 rings (SSSR count). The molecule has 0 aliphatic heterocycles. The van der Waals surface area contributed by atoms with Gasteiger partial charge in [0, 0.05) is 16.6 Å². The van der Waals surface area contributed by atoms with E-state index in [1.807, 2.05) is 0 Å². The molecule has 0 fully saturated rings. The van der Waals surface area contributed by atoms with Crippen molar-refractivity contribution >= 4 is 44.0 Å². The zero-order chi connectivity index (χ0) is 21.0. The Balaban J connectivity index is 1.69. The number of sulfonamides is 1. The standard InChI is InChI=1S/C18H17ClN4O4S2/c1-11(12-5-9-15(27-2)10-6-12)23-29(25,26)18-22-21-17(28-18)20-16(24)13-3-7-14(19)8-4-13/h3-11,23H,1-2H3,(H,20,21,24)/t11-/m1/s1. The van der Waals surface area contributed by atoms with Crippen molar-refractivity contribution in [1.29, 1.82) is 0 Å². The van der Waals surface area contributed by atoms with Crippen molar-refractivity contribution in [2.75, 3.05) is 12.4 Å². The van der Waals surface area contributed by atoms with Gasteiger partial charge in [-0.05, 0) is 48.9 Å². The molecule has 152 valence electrons. The number of anilines is 1. The number of nitrogens with zero attached hydrogens (tertiary/aromatic N) is 2. The molecule has 0 spiro atoms. The van der Waals surface area contributed by atoms with Crippen LogP contribution in [0.2, 0.25) is 5.02 Å². The van der Waals surface area contributed by atoms with Crippen LogP contribution in [-0.4, -0.2) is 31.6 Å². The van der Waals surface area contributed by atoms with Gasteiger partial charge in [0.2, 0.25) is 9.47 Å². The molecule has 2 N–H and O–H groups in total. The number of hydrogen-bond acceptors (Lipinski definition) is 7. The predicted molar refractivity (Wildman–Crippen MR) is 111 cm³/mol. The third kappa shape index (κ3) is 5.30. The van der Waals surface area contributed by atoms with Crippen molar-refractivity contribution in [2.45, 2.75) is 17.3 Å². The van der Waals surface area contributed by atoms with Gasteiger partial charge < -0.3 is 4.74 Å². The van der Waals surface area contributed by atoms with Gasteiger partial charge in [-0.25, -0.2) is 13.1 Å². The van der Waals surface area contributed by atoms with Crippen LogP contribution in [-0.2, 0) is 10.0 Å². The Morgan fingerprint density at radius 2 is 1.76 bits per heavy atom. The molecule has 3 aromatic rings. The maximum absolute atomic E-state index is 12.6. The molecule has 11 heteroatoms.